The van der Waals surface area contributed by atoms with Gasteiger partial charge in [-0.2, -0.15) is 13.2 Å². The van der Waals surface area contributed by atoms with Crippen LogP contribution in [0.1, 0.15) is 32.1 Å². The van der Waals surface area contributed by atoms with E-state index in [0.29, 0.717) is 25.9 Å². The average Bonchev–Trinajstić information content (AvgIpc) is 2.26. The first kappa shape index (κ1) is 16.7. The van der Waals surface area contributed by atoms with Gasteiger partial charge in [0.15, 0.2) is 0 Å². The Kier molecular flexibility index (Phi) is 6.07. The van der Waals surface area contributed by atoms with Crippen LogP contribution in [-0.4, -0.2) is 40.0 Å². The molecule has 0 unspecified atom stereocenters. The summed E-state index contributed by atoms with van der Waals surface area (Å²) in [6.45, 7) is 0.832. The fraction of sp³-hybridized carbons (Fsp3) is 1.00. The van der Waals surface area contributed by atoms with Gasteiger partial charge in [0.05, 0.1) is 12.2 Å². The Morgan fingerprint density at radius 1 is 1.21 bits per heavy atom. The number of halogens is 3. The molecule has 1 rings (SSSR count). The lowest BCUT2D eigenvalue weighted by atomic mass is 9.85. The zero-order valence-corrected chi connectivity index (χ0v) is 11.8. The summed E-state index contributed by atoms with van der Waals surface area (Å²) < 4.78 is 61.7. The third-order valence-corrected chi connectivity index (χ3v) is 4.02. The van der Waals surface area contributed by atoms with Crippen LogP contribution in [0.2, 0.25) is 0 Å². The van der Waals surface area contributed by atoms with Gasteiger partial charge in [-0.3, -0.25) is 0 Å². The van der Waals surface area contributed by atoms with E-state index in [1.165, 1.54) is 0 Å². The Morgan fingerprint density at radius 2 is 1.89 bits per heavy atom. The van der Waals surface area contributed by atoms with Crippen LogP contribution in [0.4, 0.5) is 13.2 Å². The minimum absolute atomic E-state index is 0.112. The zero-order chi connectivity index (χ0) is 14.5. The standard InChI is InChI=1S/C11H21F3N2O2S/c1-19(17,18)16-7-3-6-15-10-5-2-4-9(8-10)11(12,13)14/h9-10,15-16H,2-8H2,1H3/t9-,10-/m1/s1. The Hall–Kier alpha value is -0.340. The highest BCUT2D eigenvalue weighted by Crippen LogP contribution is 2.37. The predicted octanol–water partition coefficient (Wildman–Crippen LogP) is 1.64. The number of sulfonamides is 1. The summed E-state index contributed by atoms with van der Waals surface area (Å²) in [5, 5.41) is 3.08. The van der Waals surface area contributed by atoms with E-state index in [-0.39, 0.29) is 18.9 Å². The molecule has 2 atom stereocenters. The fourth-order valence-electron chi connectivity index (χ4n) is 2.32. The van der Waals surface area contributed by atoms with Crippen molar-refractivity contribution in [3.63, 3.8) is 0 Å². The number of alkyl halides is 3. The molecule has 8 heteroatoms. The zero-order valence-electron chi connectivity index (χ0n) is 11.0. The van der Waals surface area contributed by atoms with E-state index in [9.17, 15) is 21.6 Å². The van der Waals surface area contributed by atoms with Crippen molar-refractivity contribution in [3.8, 4) is 0 Å². The highest BCUT2D eigenvalue weighted by molar-refractivity contribution is 7.88. The quantitative estimate of drug-likeness (QED) is 0.733. The van der Waals surface area contributed by atoms with E-state index in [1.54, 1.807) is 0 Å². The van der Waals surface area contributed by atoms with Crippen LogP contribution in [-0.2, 0) is 10.0 Å². The van der Waals surface area contributed by atoms with E-state index in [2.05, 4.69) is 10.0 Å². The molecule has 0 aliphatic heterocycles. The molecule has 0 amide bonds. The molecule has 1 saturated carbocycles. The van der Waals surface area contributed by atoms with Gasteiger partial charge in [0.1, 0.15) is 0 Å². The van der Waals surface area contributed by atoms with Crippen molar-refractivity contribution in [1.29, 1.82) is 0 Å². The molecule has 0 heterocycles. The van der Waals surface area contributed by atoms with Crippen molar-refractivity contribution < 1.29 is 21.6 Å². The maximum atomic E-state index is 12.6. The molecule has 0 aromatic rings. The van der Waals surface area contributed by atoms with E-state index >= 15 is 0 Å². The van der Waals surface area contributed by atoms with Crippen molar-refractivity contribution in [1.82, 2.24) is 10.0 Å². The Morgan fingerprint density at radius 3 is 2.47 bits per heavy atom. The van der Waals surface area contributed by atoms with Crippen LogP contribution in [0.5, 0.6) is 0 Å². The number of hydrogen-bond acceptors (Lipinski definition) is 3. The SMILES string of the molecule is CS(=O)(=O)NCCCN[C@@H]1CCC[C@@H](C(F)(F)F)C1. The average molecular weight is 302 g/mol. The second-order valence-electron chi connectivity index (χ2n) is 5.08. The predicted molar refractivity (Wildman–Crippen MR) is 67.3 cm³/mol. The lowest BCUT2D eigenvalue weighted by Crippen LogP contribution is -2.39. The molecule has 114 valence electrons. The first-order valence-electron chi connectivity index (χ1n) is 6.43. The molecule has 0 spiro atoms. The molecule has 4 nitrogen and oxygen atoms in total. The summed E-state index contributed by atoms with van der Waals surface area (Å²) in [4.78, 5) is 0. The molecule has 1 aliphatic rings. The van der Waals surface area contributed by atoms with Gasteiger partial charge in [0.25, 0.3) is 0 Å². The lowest BCUT2D eigenvalue weighted by molar-refractivity contribution is -0.183. The van der Waals surface area contributed by atoms with E-state index < -0.39 is 22.1 Å². The van der Waals surface area contributed by atoms with Gasteiger partial charge in [-0.15, -0.1) is 0 Å². The third kappa shape index (κ3) is 7.12. The first-order valence-corrected chi connectivity index (χ1v) is 8.32. The molecule has 0 bridgehead atoms. The molecule has 0 saturated heterocycles. The molecular weight excluding hydrogens is 281 g/mol. The topological polar surface area (TPSA) is 58.2 Å². The van der Waals surface area contributed by atoms with Crippen LogP contribution < -0.4 is 10.0 Å². The van der Waals surface area contributed by atoms with Gasteiger partial charge in [-0.25, -0.2) is 13.1 Å². The van der Waals surface area contributed by atoms with Crippen LogP contribution in [0.15, 0.2) is 0 Å². The molecule has 1 aliphatic carbocycles. The maximum absolute atomic E-state index is 12.6. The van der Waals surface area contributed by atoms with Gasteiger partial charge in [-0.1, -0.05) is 6.42 Å². The third-order valence-electron chi connectivity index (χ3n) is 3.29. The smallest absolute Gasteiger partial charge is 0.314 e. The lowest BCUT2D eigenvalue weighted by Gasteiger charge is -2.31. The van der Waals surface area contributed by atoms with Crippen molar-refractivity contribution in [2.45, 2.75) is 44.3 Å². The molecule has 0 radical (unpaired) electrons. The molecule has 1 fully saturated rings. The Balaban J connectivity index is 2.19. The van der Waals surface area contributed by atoms with E-state index in [4.69, 9.17) is 0 Å². The Labute approximate surface area is 112 Å². The van der Waals surface area contributed by atoms with Gasteiger partial charge < -0.3 is 5.32 Å². The summed E-state index contributed by atoms with van der Waals surface area (Å²) in [7, 11) is -3.18. The fourth-order valence-corrected chi connectivity index (χ4v) is 2.84. The van der Waals surface area contributed by atoms with Gasteiger partial charge in [0.2, 0.25) is 10.0 Å². The number of nitrogens with one attached hydrogen (secondary N) is 2. The van der Waals surface area contributed by atoms with Gasteiger partial charge in [-0.05, 0) is 32.2 Å². The van der Waals surface area contributed by atoms with E-state index in [1.807, 2.05) is 0 Å². The van der Waals surface area contributed by atoms with Gasteiger partial charge >= 0.3 is 6.18 Å². The molecule has 19 heavy (non-hydrogen) atoms. The van der Waals surface area contributed by atoms with Crippen molar-refractivity contribution in [3.05, 3.63) is 0 Å². The highest BCUT2D eigenvalue weighted by atomic mass is 32.2. The molecule has 0 aromatic carbocycles. The van der Waals surface area contributed by atoms with Crippen molar-refractivity contribution >= 4 is 10.0 Å². The monoisotopic (exact) mass is 302 g/mol. The first-order chi connectivity index (χ1) is 8.68. The van der Waals surface area contributed by atoms with Gasteiger partial charge in [0, 0.05) is 12.6 Å². The van der Waals surface area contributed by atoms with Crippen LogP contribution in [0.3, 0.4) is 0 Å². The normalized spacial score (nSPS) is 25.5. The molecular formula is C11H21F3N2O2S. The summed E-state index contributed by atoms with van der Waals surface area (Å²) in [5.41, 5.74) is 0. The van der Waals surface area contributed by atoms with Crippen LogP contribution >= 0.6 is 0 Å². The summed E-state index contributed by atoms with van der Waals surface area (Å²) in [5.74, 6) is -1.20. The minimum Gasteiger partial charge on any atom is -0.314 e. The largest absolute Gasteiger partial charge is 0.391 e. The summed E-state index contributed by atoms with van der Waals surface area (Å²) >= 11 is 0. The minimum atomic E-state index is -4.10. The summed E-state index contributed by atoms with van der Waals surface area (Å²) in [6, 6.07) is -0.112. The highest BCUT2D eigenvalue weighted by Gasteiger charge is 2.41. The Bertz CT molecular complexity index is 371. The van der Waals surface area contributed by atoms with Crippen molar-refractivity contribution in [2.24, 2.45) is 5.92 Å². The number of rotatable bonds is 6. The molecule has 2 N–H and O–H groups in total. The second-order valence-corrected chi connectivity index (χ2v) is 6.91. The number of hydrogen-bond donors (Lipinski definition) is 2. The van der Waals surface area contributed by atoms with Crippen LogP contribution in [0, 0.1) is 5.92 Å². The second kappa shape index (κ2) is 6.90. The van der Waals surface area contributed by atoms with E-state index in [0.717, 1.165) is 12.7 Å². The molecule has 0 aromatic heterocycles. The summed E-state index contributed by atoms with van der Waals surface area (Å²) in [6.07, 6.45) is -0.760. The van der Waals surface area contributed by atoms with Crippen molar-refractivity contribution in [2.75, 3.05) is 19.3 Å². The maximum Gasteiger partial charge on any atom is 0.391 e. The van der Waals surface area contributed by atoms with Crippen LogP contribution in [0.25, 0.3) is 0 Å².